The third-order valence-electron chi connectivity index (χ3n) is 1.38. The van der Waals surface area contributed by atoms with E-state index in [0.29, 0.717) is 6.07 Å². The smallest absolute Gasteiger partial charge is 0.145 e. The third kappa shape index (κ3) is 1.35. The van der Waals surface area contributed by atoms with Crippen LogP contribution in [0.4, 0.5) is 13.2 Å². The molecule has 0 bridgehead atoms. The largest absolute Gasteiger partial charge is 0.206 e. The molecule has 0 aliphatic carbocycles. The average molecular weight is 178 g/mol. The predicted molar refractivity (Wildman–Crippen MR) is 38.3 cm³/mol. The van der Waals surface area contributed by atoms with Crippen LogP contribution in [0.25, 0.3) is 0 Å². The molecule has 0 heterocycles. The van der Waals surface area contributed by atoms with Gasteiger partial charge in [-0.15, -0.1) is 12.6 Å². The Balaban J connectivity index is 3.46. The normalized spacial score (nSPS) is 10.3. The van der Waals surface area contributed by atoms with Crippen LogP contribution in [0.3, 0.4) is 0 Å². The highest BCUT2D eigenvalue weighted by atomic mass is 32.1. The van der Waals surface area contributed by atoms with Crippen molar-refractivity contribution >= 4 is 12.6 Å². The molecule has 60 valence electrons. The molecular formula is C7H5F3S. The lowest BCUT2D eigenvalue weighted by Gasteiger charge is -2.01. The number of hydrogen-bond donors (Lipinski definition) is 1. The molecule has 1 aromatic rings. The molecular weight excluding hydrogens is 173 g/mol. The number of benzene rings is 1. The van der Waals surface area contributed by atoms with Crippen LogP contribution in [0.2, 0.25) is 0 Å². The molecule has 11 heavy (non-hydrogen) atoms. The van der Waals surface area contributed by atoms with Gasteiger partial charge in [-0.05, 0) is 6.92 Å². The molecule has 0 nitrogen and oxygen atoms in total. The van der Waals surface area contributed by atoms with Crippen LogP contribution in [0.1, 0.15) is 5.56 Å². The summed E-state index contributed by atoms with van der Waals surface area (Å²) in [6.07, 6.45) is 0. The molecule has 0 spiro atoms. The van der Waals surface area contributed by atoms with E-state index in [1.807, 2.05) is 0 Å². The van der Waals surface area contributed by atoms with E-state index in [-0.39, 0.29) is 5.56 Å². The minimum absolute atomic E-state index is 0.212. The Morgan fingerprint density at radius 1 is 1.18 bits per heavy atom. The molecule has 0 atom stereocenters. The molecule has 0 fully saturated rings. The maximum absolute atomic E-state index is 12.7. The number of rotatable bonds is 0. The van der Waals surface area contributed by atoms with Crippen molar-refractivity contribution in [3.05, 3.63) is 29.1 Å². The maximum atomic E-state index is 12.7. The van der Waals surface area contributed by atoms with E-state index in [4.69, 9.17) is 0 Å². The first-order chi connectivity index (χ1) is 5.04. The molecule has 0 aliphatic heterocycles. The van der Waals surface area contributed by atoms with Crippen molar-refractivity contribution in [3.8, 4) is 0 Å². The maximum Gasteiger partial charge on any atom is 0.145 e. The topological polar surface area (TPSA) is 0 Å². The van der Waals surface area contributed by atoms with Crippen LogP contribution in [0, 0.1) is 24.4 Å². The molecule has 4 heteroatoms. The van der Waals surface area contributed by atoms with E-state index in [1.54, 1.807) is 0 Å². The second-order valence-corrected chi connectivity index (χ2v) is 2.58. The van der Waals surface area contributed by atoms with Gasteiger partial charge in [0, 0.05) is 11.6 Å². The van der Waals surface area contributed by atoms with E-state index in [2.05, 4.69) is 12.6 Å². The van der Waals surface area contributed by atoms with Gasteiger partial charge in [0.15, 0.2) is 0 Å². The lowest BCUT2D eigenvalue weighted by molar-refractivity contribution is 0.501. The summed E-state index contributed by atoms with van der Waals surface area (Å²) in [5.41, 5.74) is -0.212. The van der Waals surface area contributed by atoms with Crippen molar-refractivity contribution in [2.75, 3.05) is 0 Å². The van der Waals surface area contributed by atoms with Crippen molar-refractivity contribution in [1.82, 2.24) is 0 Å². The predicted octanol–water partition coefficient (Wildman–Crippen LogP) is 2.70. The van der Waals surface area contributed by atoms with E-state index in [0.717, 1.165) is 0 Å². The Morgan fingerprint density at radius 3 is 2.27 bits per heavy atom. The molecule has 0 amide bonds. The van der Waals surface area contributed by atoms with E-state index < -0.39 is 22.3 Å². The van der Waals surface area contributed by atoms with Gasteiger partial charge in [0.1, 0.15) is 17.5 Å². The van der Waals surface area contributed by atoms with Gasteiger partial charge in [0.2, 0.25) is 0 Å². The van der Waals surface area contributed by atoms with Crippen LogP contribution in [-0.4, -0.2) is 0 Å². The Kier molecular flexibility index (Phi) is 2.13. The van der Waals surface area contributed by atoms with Crippen LogP contribution >= 0.6 is 12.6 Å². The Hall–Kier alpha value is -0.640. The van der Waals surface area contributed by atoms with E-state index in [9.17, 15) is 13.2 Å². The van der Waals surface area contributed by atoms with Crippen molar-refractivity contribution in [3.63, 3.8) is 0 Å². The standard InChI is InChI=1S/C7H5F3S/c1-3-4(8)2-5(9)7(11)6(3)10/h2,11H,1H3. The average Bonchev–Trinajstić information content (AvgIpc) is 1.97. The zero-order chi connectivity index (χ0) is 8.59. The van der Waals surface area contributed by atoms with Gasteiger partial charge >= 0.3 is 0 Å². The molecule has 0 saturated carbocycles. The van der Waals surface area contributed by atoms with Gasteiger partial charge in [-0.3, -0.25) is 0 Å². The van der Waals surface area contributed by atoms with Gasteiger partial charge < -0.3 is 0 Å². The van der Waals surface area contributed by atoms with E-state index >= 15 is 0 Å². The molecule has 0 N–H and O–H groups in total. The lowest BCUT2D eigenvalue weighted by atomic mass is 10.2. The van der Waals surface area contributed by atoms with Crippen molar-refractivity contribution in [1.29, 1.82) is 0 Å². The van der Waals surface area contributed by atoms with Crippen LogP contribution in [-0.2, 0) is 0 Å². The Morgan fingerprint density at radius 2 is 1.73 bits per heavy atom. The van der Waals surface area contributed by atoms with Crippen LogP contribution in [0.15, 0.2) is 11.0 Å². The van der Waals surface area contributed by atoms with Crippen molar-refractivity contribution < 1.29 is 13.2 Å². The molecule has 1 aromatic carbocycles. The third-order valence-corrected chi connectivity index (χ3v) is 1.78. The Bertz CT molecular complexity index is 270. The lowest BCUT2D eigenvalue weighted by Crippen LogP contribution is -1.93. The summed E-state index contributed by atoms with van der Waals surface area (Å²) < 4.78 is 37.7. The van der Waals surface area contributed by atoms with Crippen LogP contribution < -0.4 is 0 Å². The summed E-state index contributed by atoms with van der Waals surface area (Å²) in [7, 11) is 0. The minimum atomic E-state index is -0.978. The second kappa shape index (κ2) is 2.77. The van der Waals surface area contributed by atoms with Gasteiger partial charge in [0.25, 0.3) is 0 Å². The summed E-state index contributed by atoms with van der Waals surface area (Å²) in [6, 6.07) is 0.612. The number of halogens is 3. The summed E-state index contributed by atoms with van der Waals surface area (Å²) in [4.78, 5) is -0.441. The van der Waals surface area contributed by atoms with Gasteiger partial charge in [-0.25, -0.2) is 13.2 Å². The van der Waals surface area contributed by atoms with Gasteiger partial charge in [0.05, 0.1) is 4.90 Å². The Labute approximate surface area is 67.4 Å². The first kappa shape index (κ1) is 8.46. The highest BCUT2D eigenvalue weighted by molar-refractivity contribution is 7.80. The quantitative estimate of drug-likeness (QED) is 0.580. The molecule has 0 aromatic heterocycles. The van der Waals surface area contributed by atoms with Gasteiger partial charge in [-0.2, -0.15) is 0 Å². The highest BCUT2D eigenvalue weighted by Gasteiger charge is 2.12. The zero-order valence-electron chi connectivity index (χ0n) is 5.66. The highest BCUT2D eigenvalue weighted by Crippen LogP contribution is 2.21. The summed E-state index contributed by atoms with van der Waals surface area (Å²) >= 11 is 3.51. The molecule has 1 rings (SSSR count). The molecule has 0 unspecified atom stereocenters. The molecule has 0 radical (unpaired) electrons. The van der Waals surface area contributed by atoms with E-state index in [1.165, 1.54) is 6.92 Å². The molecule has 0 aliphatic rings. The first-order valence-electron chi connectivity index (χ1n) is 2.87. The monoisotopic (exact) mass is 178 g/mol. The SMILES string of the molecule is Cc1c(F)cc(F)c(S)c1F. The fourth-order valence-electron chi connectivity index (χ4n) is 0.675. The van der Waals surface area contributed by atoms with Gasteiger partial charge in [-0.1, -0.05) is 0 Å². The fraction of sp³-hybridized carbons (Fsp3) is 0.143. The van der Waals surface area contributed by atoms with Crippen LogP contribution in [0.5, 0.6) is 0 Å². The summed E-state index contributed by atoms with van der Waals surface area (Å²) in [5.74, 6) is -2.81. The van der Waals surface area contributed by atoms with Crippen molar-refractivity contribution in [2.24, 2.45) is 0 Å². The minimum Gasteiger partial charge on any atom is -0.206 e. The number of hydrogen-bond acceptors (Lipinski definition) is 1. The number of thiol groups is 1. The fourth-order valence-corrected chi connectivity index (χ4v) is 0.907. The first-order valence-corrected chi connectivity index (χ1v) is 3.32. The zero-order valence-corrected chi connectivity index (χ0v) is 6.55. The van der Waals surface area contributed by atoms with Crippen molar-refractivity contribution in [2.45, 2.75) is 11.8 Å². The summed E-state index contributed by atoms with van der Waals surface area (Å²) in [6.45, 7) is 1.23. The molecule has 0 saturated heterocycles. The summed E-state index contributed by atoms with van der Waals surface area (Å²) in [5, 5.41) is 0. The second-order valence-electron chi connectivity index (χ2n) is 2.13.